The Bertz CT molecular complexity index is 652. The molecule has 0 aliphatic carbocycles. The Kier molecular flexibility index (Phi) is 8.86. The predicted octanol–water partition coefficient (Wildman–Crippen LogP) is 2.96. The summed E-state index contributed by atoms with van der Waals surface area (Å²) in [6.45, 7) is 1.38. The maximum Gasteiger partial charge on any atom is 0.337 e. The molecule has 6 nitrogen and oxygen atoms in total. The second-order valence-corrected chi connectivity index (χ2v) is 7.24. The first-order valence-corrected chi connectivity index (χ1v) is 8.78. The van der Waals surface area contributed by atoms with Crippen molar-refractivity contribution in [1.29, 1.82) is 0 Å². The average molecular weight is 664 g/mol. The van der Waals surface area contributed by atoms with Crippen molar-refractivity contribution >= 4 is 104 Å². The Morgan fingerprint density at radius 3 is 1.86 bits per heavy atom. The maximum atomic E-state index is 12.1. The summed E-state index contributed by atoms with van der Waals surface area (Å²) in [5.41, 5.74) is 0.720. The first-order valence-electron chi connectivity index (χ1n) is 5.55. The molecule has 0 aromatic heterocycles. The standard InChI is InChI=1S/C12H11I3N2O4.ClH/c1-4(18)17(3)10-8(14)5(11(19)16-2)7(13)6(9(10)15)12(20)21;/h1-3H3,(H,16,19)(H,20,21);1H. The van der Waals surface area contributed by atoms with Crippen LogP contribution in [-0.2, 0) is 4.79 Å². The normalized spacial score (nSPS) is 9.73. The number of aromatic carboxylic acids is 1. The zero-order valence-electron chi connectivity index (χ0n) is 11.7. The van der Waals surface area contributed by atoms with Crippen LogP contribution in [0.25, 0.3) is 0 Å². The molecule has 10 heteroatoms. The molecular formula is C12H12ClI3N2O4. The van der Waals surface area contributed by atoms with Crippen LogP contribution in [0, 0.1) is 10.7 Å². The smallest absolute Gasteiger partial charge is 0.337 e. The Morgan fingerprint density at radius 1 is 1.05 bits per heavy atom. The van der Waals surface area contributed by atoms with Crippen molar-refractivity contribution in [2.24, 2.45) is 0 Å². The molecule has 1 rings (SSSR count). The van der Waals surface area contributed by atoms with Crippen LogP contribution in [0.1, 0.15) is 27.6 Å². The van der Waals surface area contributed by atoms with E-state index in [0.717, 1.165) is 0 Å². The van der Waals surface area contributed by atoms with Crippen molar-refractivity contribution in [1.82, 2.24) is 5.32 Å². The number of anilines is 1. The predicted molar refractivity (Wildman–Crippen MR) is 111 cm³/mol. The van der Waals surface area contributed by atoms with E-state index in [0.29, 0.717) is 16.4 Å². The fraction of sp³-hybridized carbons (Fsp3) is 0.250. The molecule has 0 heterocycles. The number of amides is 2. The summed E-state index contributed by atoms with van der Waals surface area (Å²) in [4.78, 5) is 36.6. The topological polar surface area (TPSA) is 86.7 Å². The highest BCUT2D eigenvalue weighted by Gasteiger charge is 2.29. The van der Waals surface area contributed by atoms with Crippen molar-refractivity contribution in [3.05, 3.63) is 21.8 Å². The van der Waals surface area contributed by atoms with Gasteiger partial charge in [-0.2, -0.15) is 0 Å². The van der Waals surface area contributed by atoms with E-state index >= 15 is 0 Å². The third-order valence-corrected chi connectivity index (χ3v) is 5.95. The molecule has 0 atom stereocenters. The minimum Gasteiger partial charge on any atom is -0.478 e. The lowest BCUT2D eigenvalue weighted by Gasteiger charge is -2.23. The third-order valence-electron chi connectivity index (χ3n) is 2.77. The molecule has 0 unspecified atom stereocenters. The minimum atomic E-state index is -1.14. The first kappa shape index (κ1) is 22.1. The monoisotopic (exact) mass is 664 g/mol. The lowest BCUT2D eigenvalue weighted by molar-refractivity contribution is -0.116. The van der Waals surface area contributed by atoms with Crippen LogP contribution >= 0.6 is 80.2 Å². The van der Waals surface area contributed by atoms with Gasteiger partial charge in [0.15, 0.2) is 0 Å². The number of carboxylic acids is 1. The molecular weight excluding hydrogens is 652 g/mol. The number of nitrogens with zero attached hydrogens (tertiary/aromatic N) is 1. The number of nitrogens with one attached hydrogen (secondary N) is 1. The third kappa shape index (κ3) is 4.14. The van der Waals surface area contributed by atoms with Gasteiger partial charge in [-0.05, 0) is 67.8 Å². The highest BCUT2D eigenvalue weighted by Crippen LogP contribution is 2.37. The molecule has 0 radical (unpaired) electrons. The van der Waals surface area contributed by atoms with Gasteiger partial charge in [0.05, 0.1) is 24.0 Å². The van der Waals surface area contributed by atoms with Gasteiger partial charge in [0.1, 0.15) is 0 Å². The summed E-state index contributed by atoms with van der Waals surface area (Å²) in [7, 11) is 3.02. The van der Waals surface area contributed by atoms with Crippen LogP contribution in [0.2, 0.25) is 0 Å². The maximum absolute atomic E-state index is 12.1. The lowest BCUT2D eigenvalue weighted by atomic mass is 10.1. The molecule has 0 aliphatic heterocycles. The fourth-order valence-electron chi connectivity index (χ4n) is 1.61. The summed E-state index contributed by atoms with van der Waals surface area (Å²) < 4.78 is 1.33. The lowest BCUT2D eigenvalue weighted by Crippen LogP contribution is -2.29. The van der Waals surface area contributed by atoms with Gasteiger partial charge in [0.2, 0.25) is 5.91 Å². The minimum absolute atomic E-state index is 0. The van der Waals surface area contributed by atoms with Gasteiger partial charge in [-0.15, -0.1) is 12.4 Å². The van der Waals surface area contributed by atoms with E-state index in [2.05, 4.69) is 5.32 Å². The van der Waals surface area contributed by atoms with E-state index in [4.69, 9.17) is 0 Å². The summed E-state index contributed by atoms with van der Waals surface area (Å²) in [5, 5.41) is 11.9. The molecule has 0 saturated heterocycles. The van der Waals surface area contributed by atoms with E-state index in [1.807, 2.05) is 67.8 Å². The van der Waals surface area contributed by atoms with Gasteiger partial charge < -0.3 is 15.3 Å². The van der Waals surface area contributed by atoms with Crippen molar-refractivity contribution < 1.29 is 19.5 Å². The second-order valence-electron chi connectivity index (χ2n) is 4.00. The highest BCUT2D eigenvalue weighted by atomic mass is 127. The molecule has 2 amide bonds. The zero-order valence-corrected chi connectivity index (χ0v) is 19.0. The number of rotatable bonds is 3. The van der Waals surface area contributed by atoms with E-state index in [9.17, 15) is 19.5 Å². The van der Waals surface area contributed by atoms with Crippen LogP contribution in [-0.4, -0.2) is 37.0 Å². The van der Waals surface area contributed by atoms with Crippen molar-refractivity contribution in [2.45, 2.75) is 6.92 Å². The molecule has 0 spiro atoms. The van der Waals surface area contributed by atoms with Gasteiger partial charge in [-0.25, -0.2) is 4.79 Å². The molecule has 0 bridgehead atoms. The first-order chi connectivity index (χ1) is 9.64. The molecule has 122 valence electrons. The Labute approximate surface area is 174 Å². The van der Waals surface area contributed by atoms with Crippen molar-refractivity contribution in [3.63, 3.8) is 0 Å². The van der Waals surface area contributed by atoms with Gasteiger partial charge in [0.25, 0.3) is 5.91 Å². The van der Waals surface area contributed by atoms with Crippen LogP contribution in [0.3, 0.4) is 0 Å². The summed E-state index contributed by atoms with van der Waals surface area (Å²) >= 11 is 5.70. The van der Waals surface area contributed by atoms with E-state index in [1.54, 1.807) is 7.05 Å². The summed E-state index contributed by atoms with van der Waals surface area (Å²) in [6.07, 6.45) is 0. The molecule has 1 aromatic carbocycles. The van der Waals surface area contributed by atoms with Gasteiger partial charge >= 0.3 is 5.97 Å². The van der Waals surface area contributed by atoms with Crippen molar-refractivity contribution in [3.8, 4) is 0 Å². The number of carbonyl (C=O) groups excluding carboxylic acids is 2. The SMILES string of the molecule is CNC(=O)c1c(I)c(C(=O)O)c(I)c(N(C)C(C)=O)c1I.Cl. The number of carbonyl (C=O) groups is 3. The van der Waals surface area contributed by atoms with E-state index in [-0.39, 0.29) is 35.3 Å². The summed E-state index contributed by atoms with van der Waals surface area (Å²) in [5.74, 6) is -1.77. The molecule has 22 heavy (non-hydrogen) atoms. The number of hydrogen-bond acceptors (Lipinski definition) is 3. The number of halogens is 4. The van der Waals surface area contributed by atoms with Crippen LogP contribution in [0.4, 0.5) is 5.69 Å². The average Bonchev–Trinajstić information content (AvgIpc) is 2.37. The number of carboxylic acid groups (broad SMARTS) is 1. The van der Waals surface area contributed by atoms with Crippen LogP contribution in [0.15, 0.2) is 0 Å². The fourth-order valence-corrected chi connectivity index (χ4v) is 6.46. The quantitative estimate of drug-likeness (QED) is 0.487. The Balaban J connectivity index is 0.00000441. The molecule has 0 fully saturated rings. The number of hydrogen-bond donors (Lipinski definition) is 2. The van der Waals surface area contributed by atoms with E-state index in [1.165, 1.54) is 18.9 Å². The van der Waals surface area contributed by atoms with Crippen LogP contribution in [0.5, 0.6) is 0 Å². The van der Waals surface area contributed by atoms with Gasteiger partial charge in [-0.1, -0.05) is 0 Å². The Hall–Kier alpha value is 0.110. The van der Waals surface area contributed by atoms with E-state index < -0.39 is 5.97 Å². The number of benzene rings is 1. The molecule has 2 N–H and O–H groups in total. The molecule has 0 saturated carbocycles. The van der Waals surface area contributed by atoms with Gasteiger partial charge in [0, 0.05) is 24.6 Å². The van der Waals surface area contributed by atoms with Crippen LogP contribution < -0.4 is 10.2 Å². The zero-order chi connectivity index (χ0) is 16.5. The molecule has 1 aromatic rings. The van der Waals surface area contributed by atoms with Gasteiger partial charge in [-0.3, -0.25) is 9.59 Å². The van der Waals surface area contributed by atoms with Crippen molar-refractivity contribution in [2.75, 3.05) is 19.0 Å². The second kappa shape index (κ2) is 8.82. The summed E-state index contributed by atoms with van der Waals surface area (Å²) in [6, 6.07) is 0. The highest BCUT2D eigenvalue weighted by molar-refractivity contribution is 14.1. The largest absolute Gasteiger partial charge is 0.478 e. The Morgan fingerprint density at radius 2 is 1.50 bits per heavy atom. The molecule has 0 aliphatic rings.